The van der Waals surface area contributed by atoms with Gasteiger partial charge in [0.05, 0.1) is 30.0 Å². The molecular weight excluding hydrogens is 388 g/mol. The lowest BCUT2D eigenvalue weighted by Crippen LogP contribution is -2.27. The molecule has 0 fully saturated rings. The maximum Gasteiger partial charge on any atom is 0.264 e. The number of carbonyl (C=O) groups excluding carboxylic acids is 1. The predicted molar refractivity (Wildman–Crippen MR) is 111 cm³/mol. The molecule has 4 rings (SSSR count). The number of aryl methyl sites for hydroxylation is 2. The molecule has 0 saturated carbocycles. The number of hydrogen-bond donors (Lipinski definition) is 1. The maximum absolute atomic E-state index is 12.7. The Balaban J connectivity index is 1.46. The molecule has 0 saturated heterocycles. The second kappa shape index (κ2) is 7.96. The number of amides is 1. The molecule has 0 aliphatic rings. The Morgan fingerprint density at radius 1 is 1.21 bits per heavy atom. The van der Waals surface area contributed by atoms with Crippen molar-refractivity contribution in [2.75, 3.05) is 6.54 Å². The van der Waals surface area contributed by atoms with E-state index >= 15 is 0 Å². The van der Waals surface area contributed by atoms with Crippen LogP contribution in [0.4, 0.5) is 0 Å². The van der Waals surface area contributed by atoms with Gasteiger partial charge in [0, 0.05) is 6.54 Å². The number of thiazole rings is 1. The van der Waals surface area contributed by atoms with Crippen LogP contribution >= 0.6 is 11.3 Å². The summed E-state index contributed by atoms with van der Waals surface area (Å²) in [5, 5.41) is 8.47. The summed E-state index contributed by atoms with van der Waals surface area (Å²) in [5.41, 5.74) is 2.14. The summed E-state index contributed by atoms with van der Waals surface area (Å²) in [7, 11) is 0. The summed E-state index contributed by atoms with van der Waals surface area (Å²) < 4.78 is 3.20. The van der Waals surface area contributed by atoms with Crippen LogP contribution in [0.5, 0.6) is 0 Å². The number of hydrogen-bond acceptors (Lipinski definition) is 6. The van der Waals surface area contributed by atoms with Gasteiger partial charge >= 0.3 is 0 Å². The van der Waals surface area contributed by atoms with Gasteiger partial charge in [-0.25, -0.2) is 14.6 Å². The molecule has 0 atom stereocenters. The molecule has 3 aromatic heterocycles. The molecule has 0 unspecified atom stereocenters. The van der Waals surface area contributed by atoms with Crippen LogP contribution in [-0.4, -0.2) is 36.8 Å². The zero-order valence-electron chi connectivity index (χ0n) is 16.1. The Morgan fingerprint density at radius 2 is 2.00 bits per heavy atom. The van der Waals surface area contributed by atoms with Gasteiger partial charge in [-0.15, -0.1) is 11.3 Å². The standard InChI is InChI=1S/C20H20N6O2S/c1-13-17(29-14(2)24-13)19(27)21-8-9-26-18-16(10-23-26)20(28)25(12-22-18)11-15-6-4-3-5-7-15/h3-7,10,12H,8-9,11H2,1-2H3,(H,21,27). The summed E-state index contributed by atoms with van der Waals surface area (Å²) >= 11 is 1.38. The molecule has 148 valence electrons. The van der Waals surface area contributed by atoms with Gasteiger partial charge in [0.15, 0.2) is 5.65 Å². The minimum absolute atomic E-state index is 0.134. The van der Waals surface area contributed by atoms with Crippen LogP contribution in [-0.2, 0) is 13.1 Å². The van der Waals surface area contributed by atoms with Crippen molar-refractivity contribution in [2.24, 2.45) is 0 Å². The van der Waals surface area contributed by atoms with Gasteiger partial charge in [-0.1, -0.05) is 30.3 Å². The minimum Gasteiger partial charge on any atom is -0.349 e. The molecule has 29 heavy (non-hydrogen) atoms. The van der Waals surface area contributed by atoms with Crippen LogP contribution < -0.4 is 10.9 Å². The van der Waals surface area contributed by atoms with Gasteiger partial charge in [0.2, 0.25) is 0 Å². The first-order valence-corrected chi connectivity index (χ1v) is 10.0. The first kappa shape index (κ1) is 19.0. The topological polar surface area (TPSA) is 94.7 Å². The van der Waals surface area contributed by atoms with E-state index < -0.39 is 0 Å². The average molecular weight is 408 g/mol. The first-order chi connectivity index (χ1) is 14.0. The highest BCUT2D eigenvalue weighted by Gasteiger charge is 2.14. The van der Waals surface area contributed by atoms with E-state index in [9.17, 15) is 9.59 Å². The zero-order valence-corrected chi connectivity index (χ0v) is 16.9. The molecule has 1 aromatic carbocycles. The van der Waals surface area contributed by atoms with Gasteiger partial charge in [-0.3, -0.25) is 14.2 Å². The molecule has 8 nitrogen and oxygen atoms in total. The molecular formula is C20H20N6O2S. The lowest BCUT2D eigenvalue weighted by atomic mass is 10.2. The Hall–Kier alpha value is -3.33. The van der Waals surface area contributed by atoms with Crippen molar-refractivity contribution < 1.29 is 4.79 Å². The fourth-order valence-corrected chi connectivity index (χ4v) is 3.99. The van der Waals surface area contributed by atoms with Crippen molar-refractivity contribution in [1.82, 2.24) is 29.6 Å². The van der Waals surface area contributed by atoms with Gasteiger partial charge in [0.25, 0.3) is 11.5 Å². The second-order valence-electron chi connectivity index (χ2n) is 6.67. The van der Waals surface area contributed by atoms with E-state index in [1.165, 1.54) is 23.9 Å². The molecule has 3 heterocycles. The normalized spacial score (nSPS) is 11.1. The van der Waals surface area contributed by atoms with Crippen LogP contribution in [0.25, 0.3) is 11.0 Å². The summed E-state index contributed by atoms with van der Waals surface area (Å²) in [6, 6.07) is 9.75. The van der Waals surface area contributed by atoms with Crippen molar-refractivity contribution >= 4 is 28.3 Å². The first-order valence-electron chi connectivity index (χ1n) is 9.20. The fraction of sp³-hybridized carbons (Fsp3) is 0.250. The molecule has 0 bridgehead atoms. The van der Waals surface area contributed by atoms with Crippen LogP contribution in [0.15, 0.2) is 47.7 Å². The summed E-state index contributed by atoms with van der Waals surface area (Å²) in [6.45, 7) is 4.95. The Bertz CT molecular complexity index is 1220. The van der Waals surface area contributed by atoms with Gasteiger partial charge in [-0.2, -0.15) is 5.10 Å². The minimum atomic E-state index is -0.150. The molecule has 4 aromatic rings. The summed E-state index contributed by atoms with van der Waals surface area (Å²) in [4.78, 5) is 34.4. The molecule has 0 aliphatic carbocycles. The maximum atomic E-state index is 12.7. The number of aromatic nitrogens is 5. The number of carbonyl (C=O) groups is 1. The lowest BCUT2D eigenvalue weighted by Gasteiger charge is -2.07. The third-order valence-electron chi connectivity index (χ3n) is 4.54. The molecule has 0 spiro atoms. The van der Waals surface area contributed by atoms with E-state index in [0.717, 1.165) is 16.3 Å². The van der Waals surface area contributed by atoms with Crippen molar-refractivity contribution in [1.29, 1.82) is 0 Å². The van der Waals surface area contributed by atoms with E-state index in [0.29, 0.717) is 35.5 Å². The van der Waals surface area contributed by atoms with Crippen molar-refractivity contribution in [3.63, 3.8) is 0 Å². The monoisotopic (exact) mass is 408 g/mol. The zero-order chi connectivity index (χ0) is 20.4. The van der Waals surface area contributed by atoms with E-state index in [1.807, 2.05) is 44.2 Å². The smallest absolute Gasteiger partial charge is 0.264 e. The highest BCUT2D eigenvalue weighted by molar-refractivity contribution is 7.13. The Morgan fingerprint density at radius 3 is 2.72 bits per heavy atom. The van der Waals surface area contributed by atoms with Gasteiger partial charge in [-0.05, 0) is 19.4 Å². The number of fused-ring (bicyclic) bond motifs is 1. The molecule has 9 heteroatoms. The van der Waals surface area contributed by atoms with E-state index in [-0.39, 0.29) is 11.5 Å². The molecule has 1 amide bonds. The Kier molecular flexibility index (Phi) is 5.22. The van der Waals surface area contributed by atoms with E-state index in [1.54, 1.807) is 9.25 Å². The molecule has 0 aliphatic heterocycles. The van der Waals surface area contributed by atoms with E-state index in [4.69, 9.17) is 0 Å². The molecule has 1 N–H and O–H groups in total. The van der Waals surface area contributed by atoms with Crippen molar-refractivity contribution in [2.45, 2.75) is 26.9 Å². The average Bonchev–Trinajstić information content (AvgIpc) is 3.28. The predicted octanol–water partition coefficient (Wildman–Crippen LogP) is 2.14. The lowest BCUT2D eigenvalue weighted by molar-refractivity contribution is 0.0955. The Labute approximate surface area is 170 Å². The highest BCUT2D eigenvalue weighted by Crippen LogP contribution is 2.16. The number of nitrogens with one attached hydrogen (secondary N) is 1. The van der Waals surface area contributed by atoms with Crippen LogP contribution in [0.1, 0.15) is 25.9 Å². The third-order valence-corrected chi connectivity index (χ3v) is 5.61. The van der Waals surface area contributed by atoms with Gasteiger partial charge < -0.3 is 5.32 Å². The fourth-order valence-electron chi connectivity index (χ4n) is 3.15. The SMILES string of the molecule is Cc1nc(C)c(C(=O)NCCn2ncc3c(=O)n(Cc4ccccc4)cnc32)s1. The second-order valence-corrected chi connectivity index (χ2v) is 7.87. The third kappa shape index (κ3) is 3.95. The van der Waals surface area contributed by atoms with Gasteiger partial charge in [0.1, 0.15) is 16.6 Å². The van der Waals surface area contributed by atoms with Crippen LogP contribution in [0, 0.1) is 13.8 Å². The van der Waals surface area contributed by atoms with Crippen molar-refractivity contribution in [3.05, 3.63) is 74.4 Å². The summed E-state index contributed by atoms with van der Waals surface area (Å²) in [6.07, 6.45) is 3.07. The number of benzene rings is 1. The molecule has 0 radical (unpaired) electrons. The largest absolute Gasteiger partial charge is 0.349 e. The van der Waals surface area contributed by atoms with Crippen molar-refractivity contribution in [3.8, 4) is 0 Å². The highest BCUT2D eigenvalue weighted by atomic mass is 32.1. The number of nitrogens with zero attached hydrogens (tertiary/aromatic N) is 5. The van der Waals surface area contributed by atoms with Crippen LogP contribution in [0.2, 0.25) is 0 Å². The summed E-state index contributed by atoms with van der Waals surface area (Å²) in [5.74, 6) is -0.150. The number of rotatable bonds is 6. The van der Waals surface area contributed by atoms with E-state index in [2.05, 4.69) is 20.4 Å². The van der Waals surface area contributed by atoms with Crippen LogP contribution in [0.3, 0.4) is 0 Å². The quantitative estimate of drug-likeness (QED) is 0.527.